The molecule has 0 atom stereocenters. The monoisotopic (exact) mass is 355 g/mol. The van der Waals surface area contributed by atoms with Crippen LogP contribution in [0.3, 0.4) is 0 Å². The lowest BCUT2D eigenvalue weighted by Crippen LogP contribution is -2.32. The van der Waals surface area contributed by atoms with Crippen molar-refractivity contribution in [3.8, 4) is 11.5 Å². The minimum Gasteiger partial charge on any atom is -0.493 e. The van der Waals surface area contributed by atoms with Gasteiger partial charge in [0.25, 0.3) is 0 Å². The fourth-order valence-electron chi connectivity index (χ4n) is 2.91. The number of nitrogens with zero attached hydrogens (tertiary/aromatic N) is 2. The molecule has 1 heterocycles. The van der Waals surface area contributed by atoms with E-state index in [4.69, 9.17) is 9.47 Å². The van der Waals surface area contributed by atoms with Crippen molar-refractivity contribution in [3.05, 3.63) is 58.5 Å². The third-order valence-corrected chi connectivity index (χ3v) is 4.29. The molecule has 0 bridgehead atoms. The van der Waals surface area contributed by atoms with E-state index in [9.17, 15) is 9.59 Å². The standard InChI is InChI=1S/C19H21N3O4/c1-21-14-6-4-5-7-15(14)22(19(21)24)12-18(23)20-11-13-8-9-16(25-2)17(10-13)26-3/h4-10H,11-12H2,1-3H3,(H,20,23). The second kappa shape index (κ2) is 7.35. The highest BCUT2D eigenvalue weighted by atomic mass is 16.5. The van der Waals surface area contributed by atoms with Gasteiger partial charge in [-0.3, -0.25) is 13.9 Å². The van der Waals surface area contributed by atoms with Crippen molar-refractivity contribution in [1.82, 2.24) is 14.5 Å². The summed E-state index contributed by atoms with van der Waals surface area (Å²) in [6.07, 6.45) is 0. The van der Waals surface area contributed by atoms with Crippen LogP contribution in [0.1, 0.15) is 5.56 Å². The quantitative estimate of drug-likeness (QED) is 0.730. The maximum atomic E-state index is 12.4. The Morgan fingerprint density at radius 1 is 1.04 bits per heavy atom. The van der Waals surface area contributed by atoms with Crippen molar-refractivity contribution in [1.29, 1.82) is 0 Å². The first-order valence-corrected chi connectivity index (χ1v) is 8.17. The third-order valence-electron chi connectivity index (χ3n) is 4.29. The summed E-state index contributed by atoms with van der Waals surface area (Å²) < 4.78 is 13.5. The molecule has 3 rings (SSSR count). The Morgan fingerprint density at radius 3 is 2.42 bits per heavy atom. The van der Waals surface area contributed by atoms with Gasteiger partial charge < -0.3 is 14.8 Å². The average molecular weight is 355 g/mol. The predicted octanol–water partition coefficient (Wildman–Crippen LogP) is 1.67. The van der Waals surface area contributed by atoms with Crippen molar-refractivity contribution in [3.63, 3.8) is 0 Å². The van der Waals surface area contributed by atoms with E-state index in [-0.39, 0.29) is 18.1 Å². The summed E-state index contributed by atoms with van der Waals surface area (Å²) >= 11 is 0. The number of aromatic nitrogens is 2. The van der Waals surface area contributed by atoms with Crippen LogP contribution in [0.15, 0.2) is 47.3 Å². The van der Waals surface area contributed by atoms with E-state index in [0.29, 0.717) is 18.0 Å². The molecule has 1 N–H and O–H groups in total. The van der Waals surface area contributed by atoms with Crippen molar-refractivity contribution in [2.45, 2.75) is 13.1 Å². The molecule has 0 fully saturated rings. The molecule has 0 unspecified atom stereocenters. The van der Waals surface area contributed by atoms with Gasteiger partial charge >= 0.3 is 5.69 Å². The Kier molecular flexibility index (Phi) is 4.97. The van der Waals surface area contributed by atoms with Crippen molar-refractivity contribution >= 4 is 16.9 Å². The van der Waals surface area contributed by atoms with Crippen LogP contribution < -0.4 is 20.5 Å². The molecule has 2 aromatic carbocycles. The van der Waals surface area contributed by atoms with Crippen LogP contribution >= 0.6 is 0 Å². The summed E-state index contributed by atoms with van der Waals surface area (Å²) in [5.74, 6) is 0.993. The number of nitrogens with one attached hydrogen (secondary N) is 1. The van der Waals surface area contributed by atoms with Crippen LogP contribution in [0.4, 0.5) is 0 Å². The summed E-state index contributed by atoms with van der Waals surface area (Å²) in [6, 6.07) is 12.8. The van der Waals surface area contributed by atoms with Crippen LogP contribution in [-0.4, -0.2) is 29.3 Å². The molecular weight excluding hydrogens is 334 g/mol. The first kappa shape index (κ1) is 17.6. The fourth-order valence-corrected chi connectivity index (χ4v) is 2.91. The number of aryl methyl sites for hydroxylation is 1. The zero-order chi connectivity index (χ0) is 18.7. The highest BCUT2D eigenvalue weighted by molar-refractivity contribution is 5.80. The number of carbonyl (C=O) groups is 1. The minimum absolute atomic E-state index is 0.0342. The van der Waals surface area contributed by atoms with Gasteiger partial charge in [-0.05, 0) is 29.8 Å². The summed E-state index contributed by atoms with van der Waals surface area (Å²) in [4.78, 5) is 24.7. The second-order valence-electron chi connectivity index (χ2n) is 5.88. The molecule has 0 saturated heterocycles. The van der Waals surface area contributed by atoms with Gasteiger partial charge in [0.1, 0.15) is 6.54 Å². The van der Waals surface area contributed by atoms with Crippen LogP contribution in [0.2, 0.25) is 0 Å². The van der Waals surface area contributed by atoms with Gasteiger partial charge in [-0.15, -0.1) is 0 Å². The maximum Gasteiger partial charge on any atom is 0.329 e. The minimum atomic E-state index is -0.238. The number of rotatable bonds is 6. The van der Waals surface area contributed by atoms with Gasteiger partial charge in [0.15, 0.2) is 11.5 Å². The highest BCUT2D eigenvalue weighted by Gasteiger charge is 2.13. The SMILES string of the molecule is COc1ccc(CNC(=O)Cn2c(=O)n(C)c3ccccc32)cc1OC. The van der Waals surface area contributed by atoms with Gasteiger partial charge in [0.05, 0.1) is 25.3 Å². The van der Waals surface area contributed by atoms with Gasteiger partial charge in [-0.1, -0.05) is 18.2 Å². The van der Waals surface area contributed by atoms with Crippen LogP contribution in [0, 0.1) is 0 Å². The summed E-state index contributed by atoms with van der Waals surface area (Å²) in [6.45, 7) is 0.298. The largest absolute Gasteiger partial charge is 0.493 e. The van der Waals surface area contributed by atoms with E-state index < -0.39 is 0 Å². The molecule has 136 valence electrons. The summed E-state index contributed by atoms with van der Waals surface area (Å²) in [7, 11) is 4.83. The molecule has 0 saturated carbocycles. The predicted molar refractivity (Wildman–Crippen MR) is 98.6 cm³/mol. The van der Waals surface area contributed by atoms with Gasteiger partial charge in [-0.2, -0.15) is 0 Å². The number of fused-ring (bicyclic) bond motifs is 1. The number of hydrogen-bond donors (Lipinski definition) is 1. The van der Waals surface area contributed by atoms with E-state index in [1.165, 1.54) is 9.13 Å². The van der Waals surface area contributed by atoms with Crippen LogP contribution in [0.25, 0.3) is 11.0 Å². The normalized spacial score (nSPS) is 10.7. The first-order chi connectivity index (χ1) is 12.5. The summed E-state index contributed by atoms with van der Waals surface area (Å²) in [5.41, 5.74) is 2.19. The molecule has 0 aliphatic heterocycles. The molecule has 0 aliphatic rings. The summed E-state index contributed by atoms with van der Waals surface area (Å²) in [5, 5.41) is 2.83. The smallest absolute Gasteiger partial charge is 0.329 e. The Bertz CT molecular complexity index is 1000. The van der Waals surface area contributed by atoms with Gasteiger partial charge in [0.2, 0.25) is 5.91 Å². The molecule has 0 spiro atoms. The molecule has 1 amide bonds. The molecule has 7 heteroatoms. The molecule has 0 radical (unpaired) electrons. The molecule has 7 nitrogen and oxygen atoms in total. The number of amides is 1. The molecule has 26 heavy (non-hydrogen) atoms. The van der Waals surface area contributed by atoms with Crippen LogP contribution in [-0.2, 0) is 24.9 Å². The van der Waals surface area contributed by atoms with E-state index >= 15 is 0 Å². The number of benzene rings is 2. The topological polar surface area (TPSA) is 74.5 Å². The maximum absolute atomic E-state index is 12.4. The molecule has 0 aliphatic carbocycles. The van der Waals surface area contributed by atoms with Gasteiger partial charge in [0, 0.05) is 13.6 Å². The molecular formula is C19H21N3O4. The number of ether oxygens (including phenoxy) is 2. The number of hydrogen-bond acceptors (Lipinski definition) is 4. The van der Waals surface area contributed by atoms with E-state index in [2.05, 4.69) is 5.32 Å². The lowest BCUT2D eigenvalue weighted by atomic mass is 10.2. The number of para-hydroxylation sites is 2. The lowest BCUT2D eigenvalue weighted by molar-refractivity contribution is -0.121. The molecule has 3 aromatic rings. The second-order valence-corrected chi connectivity index (χ2v) is 5.88. The molecule has 1 aromatic heterocycles. The first-order valence-electron chi connectivity index (χ1n) is 8.17. The fraction of sp³-hybridized carbons (Fsp3) is 0.263. The van der Waals surface area contributed by atoms with Crippen LogP contribution in [0.5, 0.6) is 11.5 Å². The van der Waals surface area contributed by atoms with Crippen molar-refractivity contribution < 1.29 is 14.3 Å². The van der Waals surface area contributed by atoms with Crippen molar-refractivity contribution in [2.24, 2.45) is 7.05 Å². The Labute approximate surface area is 150 Å². The lowest BCUT2D eigenvalue weighted by Gasteiger charge is -2.10. The van der Waals surface area contributed by atoms with E-state index in [1.807, 2.05) is 36.4 Å². The van der Waals surface area contributed by atoms with Crippen molar-refractivity contribution in [2.75, 3.05) is 14.2 Å². The number of carbonyl (C=O) groups excluding carboxylic acids is 1. The Morgan fingerprint density at radius 2 is 1.73 bits per heavy atom. The average Bonchev–Trinajstić information content (AvgIpc) is 2.91. The number of imidazole rings is 1. The Hall–Kier alpha value is -3.22. The third kappa shape index (κ3) is 3.28. The Balaban J connectivity index is 1.73. The van der Waals surface area contributed by atoms with Gasteiger partial charge in [-0.25, -0.2) is 4.79 Å². The zero-order valence-corrected chi connectivity index (χ0v) is 15.0. The zero-order valence-electron chi connectivity index (χ0n) is 15.0. The number of methoxy groups -OCH3 is 2. The highest BCUT2D eigenvalue weighted by Crippen LogP contribution is 2.27. The van der Waals surface area contributed by atoms with E-state index in [0.717, 1.165) is 16.6 Å². The van der Waals surface area contributed by atoms with E-state index in [1.54, 1.807) is 27.3 Å².